The lowest BCUT2D eigenvalue weighted by molar-refractivity contribution is -0.117. The van der Waals surface area contributed by atoms with Crippen LogP contribution in [0.25, 0.3) is 11.0 Å². The van der Waals surface area contributed by atoms with E-state index < -0.39 is 35.3 Å². The third kappa shape index (κ3) is 6.81. The molecule has 0 spiro atoms. The Morgan fingerprint density at radius 2 is 1.65 bits per heavy atom. The first-order chi connectivity index (χ1) is 22.2. The van der Waals surface area contributed by atoms with Gasteiger partial charge in [-0.3, -0.25) is 9.78 Å². The fraction of sp³-hybridized carbons (Fsp3) is 0.286. The Kier molecular flexibility index (Phi) is 9.16. The van der Waals surface area contributed by atoms with Crippen LogP contribution in [0.5, 0.6) is 0 Å². The van der Waals surface area contributed by atoms with E-state index in [1.54, 1.807) is 0 Å². The number of morpholine rings is 1. The van der Waals surface area contributed by atoms with Crippen molar-refractivity contribution >= 4 is 22.6 Å². The molecule has 1 amide bonds. The summed E-state index contributed by atoms with van der Waals surface area (Å²) in [5.41, 5.74) is 12.4. The highest BCUT2D eigenvalue weighted by Crippen LogP contribution is 2.30. The Balaban J connectivity index is 1.12. The van der Waals surface area contributed by atoms with Gasteiger partial charge in [0, 0.05) is 18.0 Å². The minimum Gasteiger partial charge on any atom is -0.375 e. The number of fused-ring (bicyclic) bond motifs is 1. The second-order valence-electron chi connectivity index (χ2n) is 11.8. The summed E-state index contributed by atoms with van der Waals surface area (Å²) in [4.78, 5) is 25.6. The predicted molar refractivity (Wildman–Crippen MR) is 170 cm³/mol. The summed E-state index contributed by atoms with van der Waals surface area (Å²) < 4.78 is 48.6. The molecule has 3 heterocycles. The maximum absolute atomic E-state index is 15.1. The predicted octanol–water partition coefficient (Wildman–Crippen LogP) is 5.75. The minimum atomic E-state index is -1.17. The topological polar surface area (TPSA) is 118 Å². The molecule has 11 heteroatoms. The number of nitrogens with two attached hydrogens (primary N) is 1. The summed E-state index contributed by atoms with van der Waals surface area (Å²) in [7, 11) is 0. The zero-order valence-corrected chi connectivity index (χ0v) is 25.5. The van der Waals surface area contributed by atoms with E-state index in [9.17, 15) is 13.6 Å². The third-order valence-electron chi connectivity index (χ3n) is 8.64. The molecule has 5 N–H and O–H groups in total. The first kappa shape index (κ1) is 31.4. The summed E-state index contributed by atoms with van der Waals surface area (Å²) in [6.45, 7) is 5.06. The largest absolute Gasteiger partial charge is 0.375 e. The fourth-order valence-electron chi connectivity index (χ4n) is 5.88. The Bertz CT molecular complexity index is 1750. The summed E-state index contributed by atoms with van der Waals surface area (Å²) in [6, 6.07) is 14.1. The van der Waals surface area contributed by atoms with Gasteiger partial charge < -0.3 is 26.1 Å². The quantitative estimate of drug-likeness (QED) is 0.165. The van der Waals surface area contributed by atoms with Crippen molar-refractivity contribution in [1.82, 2.24) is 20.3 Å². The summed E-state index contributed by atoms with van der Waals surface area (Å²) in [5.74, 6) is -1.96. The minimum absolute atomic E-state index is 0.103. The number of nitrogens with one attached hydrogen (secondary N) is 3. The number of hydrogen-bond acceptors (Lipinski definition) is 6. The molecule has 0 bridgehead atoms. The van der Waals surface area contributed by atoms with Gasteiger partial charge in [0.05, 0.1) is 53.9 Å². The summed E-state index contributed by atoms with van der Waals surface area (Å²) >= 11 is 0. The summed E-state index contributed by atoms with van der Waals surface area (Å²) in [5, 5.41) is 6.23. The Morgan fingerprint density at radius 1 is 1.00 bits per heavy atom. The standard InChI is InChI=1S/C35H35F3N6O2/c1-19-13-28-29(14-20(19)2)43-34(42-28)31-18-46-25(15-41-31)11-12-26-27(38)16-40-17-30(26)44-35(45)33(39)32(21-3-7-23(36)8-4-21)22-5-9-24(37)10-6-22/h3-10,13-14,16-17,25,31-33,41H,11-12,15,18,39H2,1-2H3,(H,42,43)(H,44,45)/t25-,31+,33?/m1/s1. The van der Waals surface area contributed by atoms with Gasteiger partial charge in [-0.25, -0.2) is 18.2 Å². The van der Waals surface area contributed by atoms with Crippen molar-refractivity contribution < 1.29 is 22.7 Å². The highest BCUT2D eigenvalue weighted by molar-refractivity contribution is 5.96. The molecular weight excluding hydrogens is 593 g/mol. The number of aromatic amines is 1. The molecule has 6 rings (SSSR count). The van der Waals surface area contributed by atoms with Crippen LogP contribution in [0.4, 0.5) is 18.9 Å². The molecular formula is C35H35F3N6O2. The zero-order chi connectivity index (χ0) is 32.4. The van der Waals surface area contributed by atoms with E-state index in [4.69, 9.17) is 15.5 Å². The number of benzene rings is 3. The van der Waals surface area contributed by atoms with Gasteiger partial charge in [0.15, 0.2) is 0 Å². The van der Waals surface area contributed by atoms with Crippen LogP contribution in [-0.4, -0.2) is 46.2 Å². The number of aromatic nitrogens is 3. The van der Waals surface area contributed by atoms with Crippen molar-refractivity contribution in [3.05, 3.63) is 124 Å². The molecule has 1 saturated heterocycles. The zero-order valence-electron chi connectivity index (χ0n) is 25.5. The average Bonchev–Trinajstić information content (AvgIpc) is 3.45. The Morgan fingerprint density at radius 3 is 2.28 bits per heavy atom. The molecule has 0 aliphatic carbocycles. The van der Waals surface area contributed by atoms with E-state index in [2.05, 4.69) is 46.6 Å². The second-order valence-corrected chi connectivity index (χ2v) is 11.8. The van der Waals surface area contributed by atoms with Gasteiger partial charge in [0.1, 0.15) is 23.3 Å². The number of carbonyl (C=O) groups is 1. The van der Waals surface area contributed by atoms with Crippen LogP contribution in [0.1, 0.15) is 52.0 Å². The number of ether oxygens (including phenoxy) is 1. The molecule has 8 nitrogen and oxygen atoms in total. The van der Waals surface area contributed by atoms with Crippen LogP contribution >= 0.6 is 0 Å². The van der Waals surface area contributed by atoms with Crippen molar-refractivity contribution in [3.8, 4) is 0 Å². The van der Waals surface area contributed by atoms with Crippen molar-refractivity contribution in [1.29, 1.82) is 0 Å². The summed E-state index contributed by atoms with van der Waals surface area (Å²) in [6.07, 6.45) is 3.06. The SMILES string of the molecule is Cc1cc2nc([C@@H]3CO[C@H](CCc4c(F)cncc4NC(=O)C(N)C(c4ccc(F)cc4)c4ccc(F)cc4)CN3)[nH]c2cc1C. The molecule has 3 atom stereocenters. The van der Waals surface area contributed by atoms with Gasteiger partial charge in [-0.2, -0.15) is 0 Å². The number of rotatable bonds is 9. The molecule has 0 radical (unpaired) electrons. The second kappa shape index (κ2) is 13.4. The van der Waals surface area contributed by atoms with Crippen LogP contribution in [0.3, 0.4) is 0 Å². The monoisotopic (exact) mass is 628 g/mol. The molecule has 1 aliphatic rings. The molecule has 1 aliphatic heterocycles. The van der Waals surface area contributed by atoms with Crippen molar-refractivity contribution in [3.63, 3.8) is 0 Å². The van der Waals surface area contributed by atoms with Crippen LogP contribution in [-0.2, 0) is 16.0 Å². The number of hydrogen-bond donors (Lipinski definition) is 4. The molecule has 238 valence electrons. The molecule has 2 aromatic heterocycles. The lowest BCUT2D eigenvalue weighted by atomic mass is 9.85. The smallest absolute Gasteiger partial charge is 0.242 e. The van der Waals surface area contributed by atoms with Crippen molar-refractivity contribution in [2.75, 3.05) is 18.5 Å². The molecule has 1 unspecified atom stereocenters. The molecule has 0 saturated carbocycles. The number of pyridine rings is 1. The lowest BCUT2D eigenvalue weighted by Crippen LogP contribution is -2.42. The number of halogens is 3. The highest BCUT2D eigenvalue weighted by Gasteiger charge is 2.30. The first-order valence-corrected chi connectivity index (χ1v) is 15.2. The van der Waals surface area contributed by atoms with E-state index in [0.717, 1.165) is 23.1 Å². The number of aryl methyl sites for hydroxylation is 2. The average molecular weight is 629 g/mol. The van der Waals surface area contributed by atoms with E-state index >= 15 is 4.39 Å². The van der Waals surface area contributed by atoms with Crippen LogP contribution in [0, 0.1) is 31.3 Å². The van der Waals surface area contributed by atoms with Gasteiger partial charge in [-0.1, -0.05) is 24.3 Å². The van der Waals surface area contributed by atoms with Gasteiger partial charge in [-0.05, 0) is 85.3 Å². The lowest BCUT2D eigenvalue weighted by Gasteiger charge is -2.29. The maximum atomic E-state index is 15.1. The van der Waals surface area contributed by atoms with E-state index in [1.165, 1.54) is 65.9 Å². The molecule has 3 aromatic carbocycles. The van der Waals surface area contributed by atoms with E-state index in [1.807, 2.05) is 0 Å². The molecule has 5 aromatic rings. The van der Waals surface area contributed by atoms with Gasteiger partial charge >= 0.3 is 0 Å². The maximum Gasteiger partial charge on any atom is 0.242 e. The Hall–Kier alpha value is -4.58. The molecule has 46 heavy (non-hydrogen) atoms. The number of nitrogens with zero attached hydrogens (tertiary/aromatic N) is 2. The van der Waals surface area contributed by atoms with E-state index in [-0.39, 0.29) is 29.8 Å². The van der Waals surface area contributed by atoms with Gasteiger partial charge in [0.2, 0.25) is 5.91 Å². The van der Waals surface area contributed by atoms with Gasteiger partial charge in [0.25, 0.3) is 0 Å². The van der Waals surface area contributed by atoms with Crippen molar-refractivity contribution in [2.45, 2.75) is 50.8 Å². The number of anilines is 1. The number of amides is 1. The fourth-order valence-corrected chi connectivity index (χ4v) is 5.88. The molecule has 1 fully saturated rings. The number of H-pyrrole nitrogens is 1. The van der Waals surface area contributed by atoms with E-state index in [0.29, 0.717) is 30.7 Å². The van der Waals surface area contributed by atoms with Crippen molar-refractivity contribution in [2.24, 2.45) is 5.73 Å². The van der Waals surface area contributed by atoms with Gasteiger partial charge in [-0.15, -0.1) is 0 Å². The Labute approximate surface area is 264 Å². The first-order valence-electron chi connectivity index (χ1n) is 15.2. The van der Waals surface area contributed by atoms with Crippen LogP contribution in [0.15, 0.2) is 73.1 Å². The third-order valence-corrected chi connectivity index (χ3v) is 8.64. The highest BCUT2D eigenvalue weighted by atomic mass is 19.1. The number of carbonyl (C=O) groups excluding carboxylic acids is 1. The number of imidazole rings is 1. The van der Waals surface area contributed by atoms with Crippen LogP contribution < -0.4 is 16.4 Å². The van der Waals surface area contributed by atoms with Crippen LogP contribution in [0.2, 0.25) is 0 Å². The normalized spacial score (nSPS) is 17.4.